The monoisotopic (exact) mass is 438 g/mol. The van der Waals surface area contributed by atoms with E-state index in [4.69, 9.17) is 14.7 Å². The number of hydrogen-bond acceptors (Lipinski definition) is 8. The molecule has 7 nitrogen and oxygen atoms in total. The van der Waals surface area contributed by atoms with Gasteiger partial charge in [0.2, 0.25) is 0 Å². The van der Waals surface area contributed by atoms with E-state index in [1.807, 2.05) is 12.4 Å². The average Bonchev–Trinajstić information content (AvgIpc) is 3.08. The number of aryl methyl sites for hydroxylation is 2. The molecule has 3 aromatic heterocycles. The molecule has 164 valence electrons. The highest BCUT2D eigenvalue weighted by atomic mass is 32.1. The molecule has 0 amide bonds. The predicted octanol–water partition coefficient (Wildman–Crippen LogP) is 2.86. The Labute approximate surface area is 187 Å². The van der Waals surface area contributed by atoms with E-state index in [0.29, 0.717) is 0 Å². The molecule has 0 bridgehead atoms. The first-order valence-electron chi connectivity index (χ1n) is 11.1. The smallest absolute Gasteiger partial charge is 0.146 e. The van der Waals surface area contributed by atoms with Crippen LogP contribution in [-0.2, 0) is 17.8 Å². The number of fused-ring (bicyclic) bond motifs is 1. The lowest BCUT2D eigenvalue weighted by atomic mass is 10.1. The lowest BCUT2D eigenvalue weighted by Crippen LogP contribution is -2.46. The number of pyridine rings is 1. The molecule has 0 radical (unpaired) electrons. The number of hydrogen-bond donors (Lipinski definition) is 0. The Hall–Kier alpha value is -2.13. The fourth-order valence-corrected chi connectivity index (χ4v) is 5.44. The third-order valence-electron chi connectivity index (χ3n) is 6.35. The van der Waals surface area contributed by atoms with E-state index in [1.54, 1.807) is 11.3 Å². The second kappa shape index (κ2) is 9.16. The summed E-state index contributed by atoms with van der Waals surface area (Å²) in [6.07, 6.45) is 3.75. The van der Waals surface area contributed by atoms with Crippen LogP contribution >= 0.6 is 11.3 Å². The van der Waals surface area contributed by atoms with Crippen molar-refractivity contribution in [1.29, 1.82) is 0 Å². The summed E-state index contributed by atoms with van der Waals surface area (Å²) in [6.45, 7) is 13.7. The van der Waals surface area contributed by atoms with Crippen LogP contribution in [0.1, 0.15) is 21.8 Å². The van der Waals surface area contributed by atoms with Crippen LogP contribution in [0.3, 0.4) is 0 Å². The molecular formula is C23H30N6OS. The second-order valence-corrected chi connectivity index (χ2v) is 9.64. The molecular weight excluding hydrogens is 408 g/mol. The Morgan fingerprint density at radius 1 is 0.903 bits per heavy atom. The fourth-order valence-electron chi connectivity index (χ4n) is 4.39. The quantitative estimate of drug-likeness (QED) is 0.607. The Bertz CT molecular complexity index is 1030. The molecule has 2 fully saturated rings. The van der Waals surface area contributed by atoms with E-state index in [-0.39, 0.29) is 0 Å². The van der Waals surface area contributed by atoms with Crippen molar-refractivity contribution in [2.24, 2.45) is 0 Å². The van der Waals surface area contributed by atoms with Crippen LogP contribution in [0.25, 0.3) is 10.2 Å². The minimum absolute atomic E-state index is 0.796. The van der Waals surface area contributed by atoms with Crippen LogP contribution < -0.4 is 4.90 Å². The van der Waals surface area contributed by atoms with Gasteiger partial charge in [0.15, 0.2) is 0 Å². The first-order valence-corrected chi connectivity index (χ1v) is 11.9. The summed E-state index contributed by atoms with van der Waals surface area (Å²) < 4.78 is 5.50. The van der Waals surface area contributed by atoms with Crippen LogP contribution in [-0.4, -0.2) is 77.2 Å². The van der Waals surface area contributed by atoms with Gasteiger partial charge in [-0.2, -0.15) is 0 Å². The van der Waals surface area contributed by atoms with E-state index < -0.39 is 0 Å². The number of thiophene rings is 1. The Balaban J connectivity index is 1.36. The van der Waals surface area contributed by atoms with Crippen molar-refractivity contribution in [3.8, 4) is 0 Å². The van der Waals surface area contributed by atoms with Gasteiger partial charge in [0.25, 0.3) is 0 Å². The average molecular weight is 439 g/mol. The molecule has 0 aromatic carbocycles. The topological polar surface area (TPSA) is 57.6 Å². The van der Waals surface area contributed by atoms with E-state index in [0.717, 1.165) is 82.0 Å². The standard InChI is InChI=1S/C23H30N6OS/c1-17-18(2)31-23-21(17)22(25-20(26-23)16-28-11-13-30-14-12-28)29-9-7-27(8-10-29)15-19-3-5-24-6-4-19/h3-6H,7-16H2,1-2H3. The number of morpholine rings is 1. The number of rotatable bonds is 5. The van der Waals surface area contributed by atoms with Crippen LogP contribution in [0.5, 0.6) is 0 Å². The highest BCUT2D eigenvalue weighted by Gasteiger charge is 2.24. The molecule has 0 unspecified atom stereocenters. The molecule has 2 aliphatic heterocycles. The van der Waals surface area contributed by atoms with Gasteiger partial charge in [-0.05, 0) is 37.1 Å². The summed E-state index contributed by atoms with van der Waals surface area (Å²) >= 11 is 1.80. The largest absolute Gasteiger partial charge is 0.379 e. The van der Waals surface area contributed by atoms with Gasteiger partial charge in [0, 0.05) is 63.1 Å². The number of ether oxygens (including phenoxy) is 1. The molecule has 0 aliphatic carbocycles. The van der Waals surface area contributed by atoms with Crippen LogP contribution in [0, 0.1) is 13.8 Å². The lowest BCUT2D eigenvalue weighted by Gasteiger charge is -2.36. The summed E-state index contributed by atoms with van der Waals surface area (Å²) in [5.41, 5.74) is 2.65. The molecule has 5 rings (SSSR count). The zero-order chi connectivity index (χ0) is 21.2. The zero-order valence-electron chi connectivity index (χ0n) is 18.4. The van der Waals surface area contributed by atoms with Gasteiger partial charge in [-0.1, -0.05) is 0 Å². The molecule has 2 saturated heterocycles. The fraction of sp³-hybridized carbons (Fsp3) is 0.522. The number of anilines is 1. The summed E-state index contributed by atoms with van der Waals surface area (Å²) in [5, 5.41) is 1.25. The van der Waals surface area contributed by atoms with Gasteiger partial charge < -0.3 is 9.64 Å². The summed E-state index contributed by atoms with van der Waals surface area (Å²) in [4.78, 5) is 24.1. The Kier molecular flexibility index (Phi) is 6.13. The highest BCUT2D eigenvalue weighted by Crippen LogP contribution is 2.35. The zero-order valence-corrected chi connectivity index (χ0v) is 19.2. The van der Waals surface area contributed by atoms with E-state index in [1.165, 1.54) is 21.4 Å². The molecule has 0 spiro atoms. The third kappa shape index (κ3) is 4.57. The number of nitrogens with zero attached hydrogens (tertiary/aromatic N) is 6. The van der Waals surface area contributed by atoms with E-state index in [9.17, 15) is 0 Å². The number of aromatic nitrogens is 3. The molecule has 3 aromatic rings. The van der Waals surface area contributed by atoms with Crippen molar-refractivity contribution in [3.05, 3.63) is 46.4 Å². The second-order valence-electron chi connectivity index (χ2n) is 8.43. The first-order chi connectivity index (χ1) is 15.2. The molecule has 2 aliphatic rings. The van der Waals surface area contributed by atoms with Gasteiger partial charge in [-0.15, -0.1) is 11.3 Å². The summed E-state index contributed by atoms with van der Waals surface area (Å²) in [5.74, 6) is 2.06. The van der Waals surface area contributed by atoms with Crippen molar-refractivity contribution < 1.29 is 4.74 Å². The third-order valence-corrected chi connectivity index (χ3v) is 7.45. The molecule has 5 heterocycles. The highest BCUT2D eigenvalue weighted by molar-refractivity contribution is 7.18. The van der Waals surface area contributed by atoms with Crippen LogP contribution in [0.2, 0.25) is 0 Å². The van der Waals surface area contributed by atoms with Gasteiger partial charge in [-0.25, -0.2) is 9.97 Å². The summed E-state index contributed by atoms with van der Waals surface area (Å²) in [7, 11) is 0. The molecule has 0 N–H and O–H groups in total. The summed E-state index contributed by atoms with van der Waals surface area (Å²) in [6, 6.07) is 4.21. The SMILES string of the molecule is Cc1sc2nc(CN3CCOCC3)nc(N3CCN(Cc4ccncc4)CC3)c2c1C. The molecule has 8 heteroatoms. The maximum absolute atomic E-state index is 5.50. The first kappa shape index (κ1) is 20.8. The van der Waals surface area contributed by atoms with Crippen molar-refractivity contribution in [1.82, 2.24) is 24.8 Å². The van der Waals surface area contributed by atoms with Gasteiger partial charge in [0.05, 0.1) is 25.1 Å². The van der Waals surface area contributed by atoms with Gasteiger partial charge in [-0.3, -0.25) is 14.8 Å². The molecule has 0 saturated carbocycles. The molecule has 0 atom stereocenters. The Morgan fingerprint density at radius 3 is 2.35 bits per heavy atom. The normalized spacial score (nSPS) is 18.7. The van der Waals surface area contributed by atoms with Crippen molar-refractivity contribution in [2.45, 2.75) is 26.9 Å². The Morgan fingerprint density at radius 2 is 1.61 bits per heavy atom. The maximum Gasteiger partial charge on any atom is 0.146 e. The van der Waals surface area contributed by atoms with Gasteiger partial charge in [0.1, 0.15) is 16.5 Å². The number of piperazine rings is 1. The van der Waals surface area contributed by atoms with Crippen LogP contribution in [0.4, 0.5) is 5.82 Å². The lowest BCUT2D eigenvalue weighted by molar-refractivity contribution is 0.0331. The minimum atomic E-state index is 0.796. The van der Waals surface area contributed by atoms with E-state index >= 15 is 0 Å². The maximum atomic E-state index is 5.50. The van der Waals surface area contributed by atoms with Crippen molar-refractivity contribution >= 4 is 27.4 Å². The van der Waals surface area contributed by atoms with Crippen molar-refractivity contribution in [3.63, 3.8) is 0 Å². The molecule has 31 heavy (non-hydrogen) atoms. The van der Waals surface area contributed by atoms with Gasteiger partial charge >= 0.3 is 0 Å². The van der Waals surface area contributed by atoms with E-state index in [2.05, 4.69) is 45.7 Å². The van der Waals surface area contributed by atoms with Crippen LogP contribution in [0.15, 0.2) is 24.5 Å². The van der Waals surface area contributed by atoms with Crippen molar-refractivity contribution in [2.75, 3.05) is 57.4 Å². The predicted molar refractivity (Wildman–Crippen MR) is 125 cm³/mol. The minimum Gasteiger partial charge on any atom is -0.379 e.